The molecule has 0 aromatic heterocycles. The van der Waals surface area contributed by atoms with Gasteiger partial charge in [0.15, 0.2) is 12.6 Å². The Hall–Kier alpha value is -0.200. The van der Waals surface area contributed by atoms with E-state index in [0.717, 1.165) is 24.7 Å². The molecule has 3 fully saturated rings. The molecule has 2 heterocycles. The largest absolute Gasteiger partial charge is 0.372 e. The minimum Gasteiger partial charge on any atom is -0.372 e. The fraction of sp³-hybridized carbons (Fsp3) is 1.00. The average molecular weight is 583 g/mol. The normalized spacial score (nSPS) is 45.4. The first kappa shape index (κ1) is 37.0. The molecule has 0 N–H and O–H groups in total. The Morgan fingerprint density at radius 2 is 1.00 bits per heavy atom. The summed E-state index contributed by atoms with van der Waals surface area (Å²) < 4.78 is 31.1. The zero-order valence-corrected chi connectivity index (χ0v) is 29.7. The molecule has 3 rings (SSSR count). The molecule has 0 radical (unpaired) electrons. The van der Waals surface area contributed by atoms with E-state index in [4.69, 9.17) is 23.7 Å². The van der Waals surface area contributed by atoms with Crippen LogP contribution < -0.4 is 0 Å². The predicted octanol–water partition coefficient (Wildman–Crippen LogP) is 9.37. The van der Waals surface area contributed by atoms with Gasteiger partial charge in [-0.15, -0.1) is 0 Å². The molecular weight excluding hydrogens is 512 g/mol. The molecule has 244 valence electrons. The van der Waals surface area contributed by atoms with Gasteiger partial charge in [-0.2, -0.15) is 0 Å². The lowest BCUT2D eigenvalue weighted by molar-refractivity contribution is -0.290. The Labute approximate surface area is 255 Å². The second-order valence-electron chi connectivity index (χ2n) is 14.7. The van der Waals surface area contributed by atoms with Gasteiger partial charge in [0.05, 0.1) is 36.6 Å². The molecule has 41 heavy (non-hydrogen) atoms. The minimum absolute atomic E-state index is 0.0128. The molecule has 2 aliphatic heterocycles. The third kappa shape index (κ3) is 9.40. The SMILES string of the molecule is CC[C@H]1CC(O[C@H]2[C@H](C)[C@@H](C)C(OC(C)C)O[C@@H]2CC)[C@H](C)[C@@H](C)C1C.CC[C@H]1OC(OC(C)C)[C@H](C)[C@@H](C)C1C. The van der Waals surface area contributed by atoms with Crippen molar-refractivity contribution in [3.63, 3.8) is 0 Å². The van der Waals surface area contributed by atoms with E-state index in [-0.39, 0.29) is 37.0 Å². The van der Waals surface area contributed by atoms with Crippen LogP contribution in [0.5, 0.6) is 0 Å². The van der Waals surface area contributed by atoms with Crippen molar-refractivity contribution in [1.29, 1.82) is 0 Å². The molecule has 0 aromatic carbocycles. The molecule has 15 atom stereocenters. The molecule has 0 bridgehead atoms. The van der Waals surface area contributed by atoms with Crippen molar-refractivity contribution < 1.29 is 23.7 Å². The fourth-order valence-corrected chi connectivity index (χ4v) is 7.50. The van der Waals surface area contributed by atoms with E-state index in [9.17, 15) is 0 Å². The summed E-state index contributed by atoms with van der Waals surface area (Å²) in [4.78, 5) is 0. The Kier molecular flexibility index (Phi) is 15.1. The maximum absolute atomic E-state index is 6.85. The van der Waals surface area contributed by atoms with Gasteiger partial charge in [0, 0.05) is 11.8 Å². The van der Waals surface area contributed by atoms with Gasteiger partial charge in [-0.25, -0.2) is 0 Å². The maximum Gasteiger partial charge on any atom is 0.161 e. The zero-order valence-electron chi connectivity index (χ0n) is 29.7. The number of ether oxygens (including phenoxy) is 5. The van der Waals surface area contributed by atoms with Gasteiger partial charge in [0.2, 0.25) is 0 Å². The van der Waals surface area contributed by atoms with Crippen LogP contribution in [0.4, 0.5) is 0 Å². The van der Waals surface area contributed by atoms with Gasteiger partial charge in [0.1, 0.15) is 0 Å². The topological polar surface area (TPSA) is 46.2 Å². The van der Waals surface area contributed by atoms with Crippen LogP contribution in [0.25, 0.3) is 0 Å². The molecule has 3 aliphatic rings. The highest BCUT2D eigenvalue weighted by atomic mass is 16.7. The molecule has 5 unspecified atom stereocenters. The van der Waals surface area contributed by atoms with Crippen LogP contribution in [0.1, 0.15) is 130 Å². The lowest BCUT2D eigenvalue weighted by Gasteiger charge is -2.49. The third-order valence-corrected chi connectivity index (χ3v) is 11.4. The zero-order chi connectivity index (χ0) is 31.2. The van der Waals surface area contributed by atoms with Crippen LogP contribution >= 0.6 is 0 Å². The van der Waals surface area contributed by atoms with Crippen LogP contribution in [0.2, 0.25) is 0 Å². The Balaban J connectivity index is 0.000000333. The molecule has 1 saturated carbocycles. The van der Waals surface area contributed by atoms with Crippen molar-refractivity contribution in [2.24, 2.45) is 53.3 Å². The molecular formula is C36H70O5. The molecule has 0 spiro atoms. The molecule has 2 saturated heterocycles. The quantitative estimate of drug-likeness (QED) is 0.271. The van der Waals surface area contributed by atoms with Crippen molar-refractivity contribution in [1.82, 2.24) is 0 Å². The summed E-state index contributed by atoms with van der Waals surface area (Å²) in [6.07, 6.45) is 5.84. The standard InChI is InChI=1S/C23H44O3.C13H26O2/c1-10-19-12-21(16(7)14(5)15(19)6)25-22-17(8)18(9)23(24-13(3)4)26-20(22)11-2;1-7-12-10(5)9(4)11(6)13(15-12)14-8(2)3/h13-23H,10-12H2,1-9H3;8-13H,7H2,1-6H3/t14-,15?,16+,17+,18+,19-,20+,21?,22-,23?;9-,10?,11+,12+,13?/m00/s1. The highest BCUT2D eigenvalue weighted by Crippen LogP contribution is 2.44. The highest BCUT2D eigenvalue weighted by molar-refractivity contribution is 4.91. The maximum atomic E-state index is 6.85. The van der Waals surface area contributed by atoms with Gasteiger partial charge in [0.25, 0.3) is 0 Å². The van der Waals surface area contributed by atoms with Gasteiger partial charge in [-0.3, -0.25) is 0 Å². The lowest BCUT2D eigenvalue weighted by Crippen LogP contribution is -2.54. The predicted molar refractivity (Wildman–Crippen MR) is 171 cm³/mol. The summed E-state index contributed by atoms with van der Waals surface area (Å²) in [7, 11) is 0. The van der Waals surface area contributed by atoms with E-state index in [0.29, 0.717) is 53.6 Å². The molecule has 1 aliphatic carbocycles. The highest BCUT2D eigenvalue weighted by Gasteiger charge is 2.46. The van der Waals surface area contributed by atoms with Gasteiger partial charge >= 0.3 is 0 Å². The number of rotatable bonds is 9. The van der Waals surface area contributed by atoms with E-state index >= 15 is 0 Å². The first-order valence-corrected chi connectivity index (χ1v) is 17.4. The van der Waals surface area contributed by atoms with Crippen molar-refractivity contribution in [2.75, 3.05) is 0 Å². The van der Waals surface area contributed by atoms with Crippen LogP contribution in [-0.2, 0) is 23.7 Å². The van der Waals surface area contributed by atoms with Gasteiger partial charge < -0.3 is 23.7 Å². The Morgan fingerprint density at radius 1 is 0.537 bits per heavy atom. The fourth-order valence-electron chi connectivity index (χ4n) is 7.50. The summed E-state index contributed by atoms with van der Waals surface area (Å²) in [6, 6.07) is 0. The number of hydrogen-bond acceptors (Lipinski definition) is 5. The van der Waals surface area contributed by atoms with Crippen LogP contribution in [0.3, 0.4) is 0 Å². The second-order valence-corrected chi connectivity index (χ2v) is 14.7. The number of hydrogen-bond donors (Lipinski definition) is 0. The van der Waals surface area contributed by atoms with E-state index in [1.807, 2.05) is 0 Å². The summed E-state index contributed by atoms with van der Waals surface area (Å²) in [6.45, 7) is 33.7. The molecule has 0 amide bonds. The lowest BCUT2D eigenvalue weighted by atomic mass is 9.66. The van der Waals surface area contributed by atoms with Crippen molar-refractivity contribution in [3.05, 3.63) is 0 Å². The van der Waals surface area contributed by atoms with E-state index < -0.39 is 0 Å². The summed E-state index contributed by atoms with van der Waals surface area (Å²) in [5.41, 5.74) is 0. The molecule has 5 nitrogen and oxygen atoms in total. The van der Waals surface area contributed by atoms with E-state index in [1.54, 1.807) is 0 Å². The van der Waals surface area contributed by atoms with Gasteiger partial charge in [-0.05, 0) is 88.4 Å². The van der Waals surface area contributed by atoms with Crippen molar-refractivity contribution in [3.8, 4) is 0 Å². The summed E-state index contributed by atoms with van der Waals surface area (Å²) >= 11 is 0. The summed E-state index contributed by atoms with van der Waals surface area (Å²) in [5, 5.41) is 0. The second kappa shape index (κ2) is 16.8. The van der Waals surface area contributed by atoms with Crippen molar-refractivity contribution in [2.45, 2.75) is 179 Å². The summed E-state index contributed by atoms with van der Waals surface area (Å²) in [5.74, 6) is 5.49. The van der Waals surface area contributed by atoms with E-state index in [1.165, 1.54) is 12.8 Å². The molecule has 0 aromatic rings. The monoisotopic (exact) mass is 583 g/mol. The van der Waals surface area contributed by atoms with Gasteiger partial charge in [-0.1, -0.05) is 82.6 Å². The average Bonchev–Trinajstić information content (AvgIpc) is 2.92. The van der Waals surface area contributed by atoms with Crippen molar-refractivity contribution >= 4 is 0 Å². The van der Waals surface area contributed by atoms with Crippen LogP contribution in [0, 0.1) is 53.3 Å². The van der Waals surface area contributed by atoms with Crippen LogP contribution in [0.15, 0.2) is 0 Å². The third-order valence-electron chi connectivity index (χ3n) is 11.4. The Morgan fingerprint density at radius 3 is 1.46 bits per heavy atom. The first-order valence-electron chi connectivity index (χ1n) is 17.4. The van der Waals surface area contributed by atoms with Crippen LogP contribution in [-0.4, -0.2) is 49.2 Å². The Bertz CT molecular complexity index is 721. The first-order chi connectivity index (χ1) is 19.2. The molecule has 5 heteroatoms. The smallest absolute Gasteiger partial charge is 0.161 e. The minimum atomic E-state index is -0.110. The van der Waals surface area contributed by atoms with E-state index in [2.05, 4.69) is 104 Å².